The second-order valence-electron chi connectivity index (χ2n) is 7.05. The van der Waals surface area contributed by atoms with E-state index in [1.165, 1.54) is 0 Å². The summed E-state index contributed by atoms with van der Waals surface area (Å²) in [6, 6.07) is 11.8. The van der Waals surface area contributed by atoms with E-state index in [2.05, 4.69) is 0 Å². The van der Waals surface area contributed by atoms with Gasteiger partial charge < -0.3 is 23.8 Å². The minimum absolute atomic E-state index is 0.0282. The number of ether oxygens (including phenoxy) is 4. The smallest absolute Gasteiger partial charge is 0.258 e. The summed E-state index contributed by atoms with van der Waals surface area (Å²) < 4.78 is 21.9. The van der Waals surface area contributed by atoms with Gasteiger partial charge in [-0.3, -0.25) is 4.79 Å². The van der Waals surface area contributed by atoms with Gasteiger partial charge in [0.25, 0.3) is 5.91 Å². The maximum Gasteiger partial charge on any atom is 0.258 e. The van der Waals surface area contributed by atoms with Gasteiger partial charge in [-0.25, -0.2) is 0 Å². The molecule has 2 aromatic rings. The lowest BCUT2D eigenvalue weighted by atomic mass is 10.0. The fourth-order valence-corrected chi connectivity index (χ4v) is 3.18. The molecular formula is C20H21NO5. The van der Waals surface area contributed by atoms with E-state index in [4.69, 9.17) is 18.9 Å². The SMILES string of the molecule is O=C(c1c(OCC2CO2)ccc2ccccc12)N(CC1CO1)CC1CO1. The lowest BCUT2D eigenvalue weighted by molar-refractivity contribution is 0.0726. The van der Waals surface area contributed by atoms with Crippen molar-refractivity contribution in [2.24, 2.45) is 0 Å². The summed E-state index contributed by atoms with van der Waals surface area (Å²) in [5.74, 6) is 0.585. The third-order valence-corrected chi connectivity index (χ3v) is 4.87. The predicted octanol–water partition coefficient (Wildman–Crippen LogP) is 1.86. The highest BCUT2D eigenvalue weighted by molar-refractivity contribution is 6.09. The van der Waals surface area contributed by atoms with Crippen molar-refractivity contribution in [3.05, 3.63) is 42.0 Å². The molecule has 3 aliphatic heterocycles. The summed E-state index contributed by atoms with van der Waals surface area (Å²) >= 11 is 0. The maximum atomic E-state index is 13.5. The van der Waals surface area contributed by atoms with E-state index < -0.39 is 0 Å². The molecule has 0 radical (unpaired) electrons. The first-order valence-corrected chi connectivity index (χ1v) is 9.06. The van der Waals surface area contributed by atoms with Crippen molar-refractivity contribution < 1.29 is 23.7 Å². The minimum atomic E-state index is -0.0282. The average molecular weight is 355 g/mol. The molecule has 3 fully saturated rings. The molecule has 1 amide bonds. The second-order valence-corrected chi connectivity index (χ2v) is 7.05. The Morgan fingerprint density at radius 1 is 0.962 bits per heavy atom. The number of rotatable bonds is 8. The lowest BCUT2D eigenvalue weighted by Gasteiger charge is -2.23. The van der Waals surface area contributed by atoms with Crippen LogP contribution in [0.2, 0.25) is 0 Å². The Bertz CT molecular complexity index is 812. The minimum Gasteiger partial charge on any atom is -0.490 e. The van der Waals surface area contributed by atoms with E-state index in [1.54, 1.807) is 0 Å². The number of fused-ring (bicyclic) bond motifs is 1. The molecule has 0 N–H and O–H groups in total. The standard InChI is InChI=1S/C20H21NO5/c22-20(21(7-14-9-23-14)8-15-10-24-15)19-17-4-2-1-3-13(17)5-6-18(19)26-12-16-11-25-16/h1-6,14-16H,7-12H2. The molecule has 2 aromatic carbocycles. The Morgan fingerprint density at radius 2 is 1.62 bits per heavy atom. The molecule has 3 atom stereocenters. The van der Waals surface area contributed by atoms with E-state index >= 15 is 0 Å². The Labute approximate surface area is 151 Å². The molecule has 26 heavy (non-hydrogen) atoms. The van der Waals surface area contributed by atoms with Crippen LogP contribution >= 0.6 is 0 Å². The van der Waals surface area contributed by atoms with Crippen molar-refractivity contribution in [3.63, 3.8) is 0 Å². The van der Waals surface area contributed by atoms with Crippen LogP contribution < -0.4 is 4.74 Å². The van der Waals surface area contributed by atoms with E-state index in [1.807, 2.05) is 41.3 Å². The number of nitrogens with zero attached hydrogens (tertiary/aromatic N) is 1. The van der Waals surface area contributed by atoms with Crippen LogP contribution in [0.3, 0.4) is 0 Å². The Balaban J connectivity index is 1.50. The van der Waals surface area contributed by atoms with Gasteiger partial charge in [-0.2, -0.15) is 0 Å². The number of benzene rings is 2. The van der Waals surface area contributed by atoms with Gasteiger partial charge in [0, 0.05) is 13.1 Å². The van der Waals surface area contributed by atoms with E-state index in [0.29, 0.717) is 44.2 Å². The molecule has 0 spiro atoms. The zero-order valence-electron chi connectivity index (χ0n) is 14.4. The van der Waals surface area contributed by atoms with Crippen molar-refractivity contribution in [3.8, 4) is 5.75 Å². The molecule has 3 unspecified atom stereocenters. The topological polar surface area (TPSA) is 67.1 Å². The van der Waals surface area contributed by atoms with Crippen molar-refractivity contribution in [1.29, 1.82) is 0 Å². The molecule has 0 bridgehead atoms. The molecule has 0 saturated carbocycles. The van der Waals surface area contributed by atoms with Gasteiger partial charge in [-0.15, -0.1) is 0 Å². The number of epoxide rings is 3. The van der Waals surface area contributed by atoms with Gasteiger partial charge in [-0.05, 0) is 16.8 Å². The van der Waals surface area contributed by atoms with Gasteiger partial charge in [0.05, 0.1) is 37.6 Å². The molecule has 0 aromatic heterocycles. The number of carbonyl (C=O) groups is 1. The summed E-state index contributed by atoms with van der Waals surface area (Å²) in [6.07, 6.45) is 0.411. The van der Waals surface area contributed by atoms with Gasteiger partial charge >= 0.3 is 0 Å². The van der Waals surface area contributed by atoms with Crippen LogP contribution in [-0.4, -0.2) is 68.6 Å². The molecule has 6 heteroatoms. The van der Waals surface area contributed by atoms with Gasteiger partial charge in [0.15, 0.2) is 0 Å². The Hall–Kier alpha value is -2.15. The summed E-state index contributed by atoms with van der Waals surface area (Å²) in [4.78, 5) is 15.3. The molecule has 3 saturated heterocycles. The zero-order valence-corrected chi connectivity index (χ0v) is 14.4. The van der Waals surface area contributed by atoms with E-state index in [-0.39, 0.29) is 24.2 Å². The maximum absolute atomic E-state index is 13.5. The van der Waals surface area contributed by atoms with Crippen molar-refractivity contribution in [2.45, 2.75) is 18.3 Å². The molecule has 3 aliphatic rings. The van der Waals surface area contributed by atoms with E-state index in [9.17, 15) is 4.79 Å². The van der Waals surface area contributed by atoms with Gasteiger partial charge in [0.2, 0.25) is 0 Å². The zero-order chi connectivity index (χ0) is 17.5. The predicted molar refractivity (Wildman–Crippen MR) is 94.6 cm³/mol. The monoisotopic (exact) mass is 355 g/mol. The number of carbonyl (C=O) groups excluding carboxylic acids is 1. The highest BCUT2D eigenvalue weighted by Gasteiger charge is 2.35. The van der Waals surface area contributed by atoms with Crippen LogP contribution in [-0.2, 0) is 14.2 Å². The molecule has 3 heterocycles. The Kier molecular flexibility index (Phi) is 4.04. The number of hydrogen-bond donors (Lipinski definition) is 0. The van der Waals surface area contributed by atoms with Crippen molar-refractivity contribution in [2.75, 3.05) is 39.5 Å². The molecule has 5 rings (SSSR count). The van der Waals surface area contributed by atoms with Crippen LogP contribution in [0, 0.1) is 0 Å². The number of amides is 1. The Morgan fingerprint density at radius 3 is 2.27 bits per heavy atom. The van der Waals surface area contributed by atoms with Crippen LogP contribution in [0.25, 0.3) is 10.8 Å². The summed E-state index contributed by atoms with van der Waals surface area (Å²) in [6.45, 7) is 3.80. The van der Waals surface area contributed by atoms with E-state index in [0.717, 1.165) is 17.4 Å². The van der Waals surface area contributed by atoms with Gasteiger partial charge in [0.1, 0.15) is 18.5 Å². The fourth-order valence-electron chi connectivity index (χ4n) is 3.18. The lowest BCUT2D eigenvalue weighted by Crippen LogP contribution is -2.37. The first kappa shape index (κ1) is 16.1. The third-order valence-electron chi connectivity index (χ3n) is 4.87. The molecule has 136 valence electrons. The van der Waals surface area contributed by atoms with Crippen LogP contribution in [0.4, 0.5) is 0 Å². The number of hydrogen-bond acceptors (Lipinski definition) is 5. The summed E-state index contributed by atoms with van der Waals surface area (Å²) in [5, 5.41) is 1.93. The van der Waals surface area contributed by atoms with Crippen LogP contribution in [0.1, 0.15) is 10.4 Å². The first-order chi connectivity index (χ1) is 12.8. The van der Waals surface area contributed by atoms with Crippen LogP contribution in [0.5, 0.6) is 5.75 Å². The van der Waals surface area contributed by atoms with Crippen LogP contribution in [0.15, 0.2) is 36.4 Å². The molecular weight excluding hydrogens is 334 g/mol. The molecule has 6 nitrogen and oxygen atoms in total. The van der Waals surface area contributed by atoms with Crippen molar-refractivity contribution in [1.82, 2.24) is 4.90 Å². The van der Waals surface area contributed by atoms with Crippen molar-refractivity contribution >= 4 is 16.7 Å². The normalized spacial score (nSPS) is 25.8. The summed E-state index contributed by atoms with van der Waals surface area (Å²) in [5.41, 5.74) is 0.616. The highest BCUT2D eigenvalue weighted by atomic mass is 16.6. The quantitative estimate of drug-likeness (QED) is 0.676. The van der Waals surface area contributed by atoms with Gasteiger partial charge in [-0.1, -0.05) is 30.3 Å². The fraction of sp³-hybridized carbons (Fsp3) is 0.450. The first-order valence-electron chi connectivity index (χ1n) is 9.06. The summed E-state index contributed by atoms with van der Waals surface area (Å²) in [7, 11) is 0. The largest absolute Gasteiger partial charge is 0.490 e. The second kappa shape index (κ2) is 6.54. The highest BCUT2D eigenvalue weighted by Crippen LogP contribution is 2.31. The molecule has 0 aliphatic carbocycles. The average Bonchev–Trinajstić information content (AvgIpc) is 3.51. The third kappa shape index (κ3) is 3.53.